The van der Waals surface area contributed by atoms with Crippen LogP contribution in [0.5, 0.6) is 0 Å². The van der Waals surface area contributed by atoms with E-state index in [1.165, 1.54) is 36.5 Å². The number of halogens is 1. The van der Waals surface area contributed by atoms with Crippen molar-refractivity contribution in [3.05, 3.63) is 69.2 Å². The first-order valence-electron chi connectivity index (χ1n) is 10.2. The number of amides is 1. The summed E-state index contributed by atoms with van der Waals surface area (Å²) in [6.07, 6.45) is 2.19. The quantitative estimate of drug-likeness (QED) is 0.352. The molecule has 0 saturated heterocycles. The SMILES string of the molecule is CC1CC(C)(C)N(C)c2cc(F)c(/C=N\NC(=O)c3cc4cc([N+](=O)[O-])ccc4o3)cc21. The Morgan fingerprint density at radius 2 is 2.09 bits per heavy atom. The van der Waals surface area contributed by atoms with E-state index in [0.29, 0.717) is 11.0 Å². The van der Waals surface area contributed by atoms with Gasteiger partial charge in [-0.25, -0.2) is 9.82 Å². The lowest BCUT2D eigenvalue weighted by atomic mass is 9.80. The van der Waals surface area contributed by atoms with Crippen molar-refractivity contribution in [2.45, 2.75) is 38.6 Å². The molecule has 1 aromatic heterocycles. The number of nitro benzene ring substituents is 1. The maximum Gasteiger partial charge on any atom is 0.307 e. The predicted octanol–water partition coefficient (Wildman–Crippen LogP) is 4.97. The molecular weight excluding hydrogens is 415 g/mol. The zero-order valence-electron chi connectivity index (χ0n) is 18.2. The molecule has 0 bridgehead atoms. The van der Waals surface area contributed by atoms with Gasteiger partial charge in [-0.1, -0.05) is 6.92 Å². The number of hydrogen-bond donors (Lipinski definition) is 1. The second-order valence-corrected chi connectivity index (χ2v) is 8.70. The first-order chi connectivity index (χ1) is 15.1. The molecule has 166 valence electrons. The molecular formula is C23H23FN4O4. The summed E-state index contributed by atoms with van der Waals surface area (Å²) in [6, 6.07) is 8.70. The maximum absolute atomic E-state index is 14.7. The molecule has 1 aliphatic rings. The Morgan fingerprint density at radius 3 is 2.81 bits per heavy atom. The fourth-order valence-corrected chi connectivity index (χ4v) is 4.18. The van der Waals surface area contributed by atoms with Gasteiger partial charge in [-0.3, -0.25) is 14.9 Å². The highest BCUT2D eigenvalue weighted by Gasteiger charge is 2.34. The number of hydrazone groups is 1. The number of benzene rings is 2. The van der Waals surface area contributed by atoms with Crippen molar-refractivity contribution in [3.8, 4) is 0 Å². The molecule has 1 amide bonds. The van der Waals surface area contributed by atoms with Crippen LogP contribution < -0.4 is 10.3 Å². The van der Waals surface area contributed by atoms with Gasteiger partial charge >= 0.3 is 5.91 Å². The van der Waals surface area contributed by atoms with E-state index >= 15 is 0 Å². The average Bonchev–Trinajstić information content (AvgIpc) is 3.16. The summed E-state index contributed by atoms with van der Waals surface area (Å²) >= 11 is 0. The van der Waals surface area contributed by atoms with Crippen molar-refractivity contribution in [2.75, 3.05) is 11.9 Å². The summed E-state index contributed by atoms with van der Waals surface area (Å²) in [5.74, 6) is -0.887. The number of carbonyl (C=O) groups is 1. The van der Waals surface area contributed by atoms with Crippen LogP contribution in [0.25, 0.3) is 11.0 Å². The number of non-ortho nitro benzene ring substituents is 1. The first kappa shape index (κ1) is 21.5. The highest BCUT2D eigenvalue weighted by Crippen LogP contribution is 2.43. The zero-order valence-corrected chi connectivity index (χ0v) is 18.2. The molecule has 4 rings (SSSR count). The van der Waals surface area contributed by atoms with Crippen molar-refractivity contribution in [1.29, 1.82) is 0 Å². The Hall–Kier alpha value is -3.75. The Labute approximate surface area is 183 Å². The predicted molar refractivity (Wildman–Crippen MR) is 120 cm³/mol. The van der Waals surface area contributed by atoms with Crippen LogP contribution in [0.4, 0.5) is 15.8 Å². The largest absolute Gasteiger partial charge is 0.451 e. The fourth-order valence-electron chi connectivity index (χ4n) is 4.18. The van der Waals surface area contributed by atoms with Crippen LogP contribution >= 0.6 is 0 Å². The smallest absolute Gasteiger partial charge is 0.307 e. The van der Waals surface area contributed by atoms with Gasteiger partial charge in [0.25, 0.3) is 5.69 Å². The molecule has 0 aliphatic carbocycles. The minimum Gasteiger partial charge on any atom is -0.451 e. The minimum atomic E-state index is -0.645. The van der Waals surface area contributed by atoms with Crippen molar-refractivity contribution in [1.82, 2.24) is 5.43 Å². The summed E-state index contributed by atoms with van der Waals surface area (Å²) in [4.78, 5) is 24.8. The van der Waals surface area contributed by atoms with Crippen LogP contribution in [0, 0.1) is 15.9 Å². The van der Waals surface area contributed by atoms with E-state index in [2.05, 4.69) is 36.2 Å². The molecule has 32 heavy (non-hydrogen) atoms. The Kier molecular flexibility index (Phi) is 5.20. The van der Waals surface area contributed by atoms with Crippen molar-refractivity contribution >= 4 is 34.5 Å². The van der Waals surface area contributed by atoms with Crippen molar-refractivity contribution in [3.63, 3.8) is 0 Å². The van der Waals surface area contributed by atoms with Gasteiger partial charge in [0.05, 0.1) is 11.1 Å². The van der Waals surface area contributed by atoms with E-state index in [9.17, 15) is 19.3 Å². The first-order valence-corrected chi connectivity index (χ1v) is 10.2. The van der Waals surface area contributed by atoms with Crippen LogP contribution in [-0.4, -0.2) is 29.6 Å². The second kappa shape index (κ2) is 7.74. The Bertz CT molecular complexity index is 1260. The molecule has 0 fully saturated rings. The molecule has 3 aromatic rings. The molecule has 1 atom stereocenters. The Balaban J connectivity index is 1.53. The van der Waals surface area contributed by atoms with Gasteiger partial charge in [-0.05, 0) is 56.0 Å². The number of nitrogens with one attached hydrogen (secondary N) is 1. The molecule has 9 heteroatoms. The van der Waals surface area contributed by atoms with E-state index in [1.54, 1.807) is 6.07 Å². The minimum absolute atomic E-state index is 0.0546. The summed E-state index contributed by atoms with van der Waals surface area (Å²) in [7, 11) is 1.96. The lowest BCUT2D eigenvalue weighted by Crippen LogP contribution is -2.45. The van der Waals surface area contributed by atoms with Gasteiger partial charge in [0.15, 0.2) is 5.76 Å². The van der Waals surface area contributed by atoms with E-state index in [1.807, 2.05) is 7.05 Å². The topological polar surface area (TPSA) is 101 Å². The number of anilines is 1. The molecule has 0 radical (unpaired) electrons. The summed E-state index contributed by atoms with van der Waals surface area (Å²) in [5.41, 5.74) is 4.62. The Morgan fingerprint density at radius 1 is 1.34 bits per heavy atom. The third-order valence-corrected chi connectivity index (χ3v) is 6.06. The van der Waals surface area contributed by atoms with Gasteiger partial charge in [0, 0.05) is 41.4 Å². The number of hydrogen-bond acceptors (Lipinski definition) is 6. The van der Waals surface area contributed by atoms with Crippen LogP contribution in [0.1, 0.15) is 54.8 Å². The standard InChI is InChI=1S/C23H23FN4O4/c1-13-11-23(2,3)27(4)19-10-18(24)15(8-17(13)19)12-25-26-22(29)21-9-14-7-16(28(30)31)5-6-20(14)32-21/h5-10,12-13H,11H2,1-4H3,(H,26,29)/b25-12-. The van der Waals surface area contributed by atoms with Crippen molar-refractivity contribution < 1.29 is 18.5 Å². The van der Waals surface area contributed by atoms with Gasteiger partial charge in [0.2, 0.25) is 0 Å². The lowest BCUT2D eigenvalue weighted by Gasteiger charge is -2.45. The molecule has 2 heterocycles. The third-order valence-electron chi connectivity index (χ3n) is 6.06. The van der Waals surface area contributed by atoms with Gasteiger partial charge < -0.3 is 9.32 Å². The molecule has 2 aromatic carbocycles. The van der Waals surface area contributed by atoms with Gasteiger partial charge in [-0.15, -0.1) is 0 Å². The van der Waals surface area contributed by atoms with Gasteiger partial charge in [-0.2, -0.15) is 5.10 Å². The second-order valence-electron chi connectivity index (χ2n) is 8.70. The van der Waals surface area contributed by atoms with Crippen LogP contribution in [0.3, 0.4) is 0 Å². The highest BCUT2D eigenvalue weighted by atomic mass is 19.1. The molecule has 8 nitrogen and oxygen atoms in total. The zero-order chi connectivity index (χ0) is 23.2. The number of fused-ring (bicyclic) bond motifs is 2. The number of nitrogens with zero attached hydrogens (tertiary/aromatic N) is 3. The summed E-state index contributed by atoms with van der Waals surface area (Å²) in [6.45, 7) is 6.37. The van der Waals surface area contributed by atoms with E-state index in [0.717, 1.165) is 17.7 Å². The van der Waals surface area contributed by atoms with Crippen LogP contribution in [-0.2, 0) is 0 Å². The van der Waals surface area contributed by atoms with Crippen molar-refractivity contribution in [2.24, 2.45) is 5.10 Å². The summed E-state index contributed by atoms with van der Waals surface area (Å²) < 4.78 is 20.1. The molecule has 1 N–H and O–H groups in total. The van der Waals surface area contributed by atoms with Gasteiger partial charge in [0.1, 0.15) is 11.4 Å². The molecule has 0 saturated carbocycles. The number of carbonyl (C=O) groups excluding carboxylic acids is 1. The number of rotatable bonds is 4. The summed E-state index contributed by atoms with van der Waals surface area (Å²) in [5, 5.41) is 15.2. The molecule has 0 spiro atoms. The number of nitro groups is 1. The lowest BCUT2D eigenvalue weighted by molar-refractivity contribution is -0.384. The van der Waals surface area contributed by atoms with E-state index in [-0.39, 0.29) is 28.5 Å². The normalized spacial score (nSPS) is 17.5. The highest BCUT2D eigenvalue weighted by molar-refractivity contribution is 5.97. The molecule has 1 unspecified atom stereocenters. The number of furan rings is 1. The molecule has 1 aliphatic heterocycles. The van der Waals surface area contributed by atoms with Crippen LogP contribution in [0.2, 0.25) is 0 Å². The third kappa shape index (κ3) is 3.81. The van der Waals surface area contributed by atoms with E-state index in [4.69, 9.17) is 4.42 Å². The van der Waals surface area contributed by atoms with E-state index < -0.39 is 16.6 Å². The fraction of sp³-hybridized carbons (Fsp3) is 0.304. The monoisotopic (exact) mass is 438 g/mol. The average molecular weight is 438 g/mol. The van der Waals surface area contributed by atoms with Crippen LogP contribution in [0.15, 0.2) is 45.9 Å². The maximum atomic E-state index is 14.7.